The highest BCUT2D eigenvalue weighted by Crippen LogP contribution is 2.19. The molecule has 0 aliphatic rings. The van der Waals surface area contributed by atoms with E-state index in [4.69, 9.17) is 11.5 Å². The third-order valence-corrected chi connectivity index (χ3v) is 4.64. The van der Waals surface area contributed by atoms with Crippen LogP contribution in [-0.2, 0) is 4.79 Å². The van der Waals surface area contributed by atoms with E-state index in [9.17, 15) is 19.6 Å². The van der Waals surface area contributed by atoms with Crippen molar-refractivity contribution in [1.29, 1.82) is 0 Å². The highest BCUT2D eigenvalue weighted by molar-refractivity contribution is 6.43. The number of rotatable bonds is 10. The summed E-state index contributed by atoms with van der Waals surface area (Å²) in [5.41, 5.74) is 13.0. The molecule has 0 aromatic heterocycles. The average molecular weight is 425 g/mol. The normalized spacial score (nSPS) is 11.3. The number of carbonyl (C=O) groups is 2. The minimum Gasteiger partial charge on any atom is -0.426 e. The molecule has 2 aromatic carbocycles. The van der Waals surface area contributed by atoms with Crippen LogP contribution < -0.4 is 16.8 Å². The zero-order valence-electron chi connectivity index (χ0n) is 17.4. The van der Waals surface area contributed by atoms with E-state index in [0.29, 0.717) is 18.5 Å². The monoisotopic (exact) mass is 425 g/mol. The van der Waals surface area contributed by atoms with E-state index in [2.05, 4.69) is 10.3 Å². The molecule has 7 N–H and O–H groups in total. The van der Waals surface area contributed by atoms with Gasteiger partial charge in [0.25, 0.3) is 5.91 Å². The van der Waals surface area contributed by atoms with E-state index in [0.717, 1.165) is 11.1 Å². The number of carbonyl (C=O) groups excluding carboxylic acids is 2. The second-order valence-corrected chi connectivity index (χ2v) is 7.14. The fourth-order valence-electron chi connectivity index (χ4n) is 3.01. The number of hydrogen-bond acceptors (Lipinski definition) is 5. The molecule has 1 atom stereocenters. The van der Waals surface area contributed by atoms with E-state index < -0.39 is 19.0 Å². The fraction of sp³-hybridized carbons (Fsp3) is 0.286. The van der Waals surface area contributed by atoms with Gasteiger partial charge in [0.05, 0.1) is 12.5 Å². The van der Waals surface area contributed by atoms with Crippen LogP contribution in [0.2, 0.25) is 0 Å². The Hall–Kier alpha value is -3.37. The van der Waals surface area contributed by atoms with Gasteiger partial charge in [-0.25, -0.2) is 0 Å². The van der Waals surface area contributed by atoms with Crippen LogP contribution in [0.25, 0.3) is 11.1 Å². The lowest BCUT2D eigenvalue weighted by Gasteiger charge is -2.21. The van der Waals surface area contributed by atoms with Crippen molar-refractivity contribution in [3.63, 3.8) is 0 Å². The van der Waals surface area contributed by atoms with Gasteiger partial charge >= 0.3 is 7.12 Å². The first-order valence-electron chi connectivity index (χ1n) is 9.89. The number of nitrogens with zero attached hydrogens (tertiary/aromatic N) is 2. The molecule has 2 rings (SSSR count). The van der Waals surface area contributed by atoms with Crippen LogP contribution >= 0.6 is 0 Å². The highest BCUT2D eigenvalue weighted by atomic mass is 16.4. The summed E-state index contributed by atoms with van der Waals surface area (Å²) < 4.78 is 0. The summed E-state index contributed by atoms with van der Waals surface area (Å²) in [5, 5.41) is 21.5. The maximum Gasteiger partial charge on any atom is 0.475 e. The van der Waals surface area contributed by atoms with E-state index >= 15 is 0 Å². The molecule has 0 radical (unpaired) electrons. The van der Waals surface area contributed by atoms with Crippen LogP contribution in [0, 0.1) is 0 Å². The van der Waals surface area contributed by atoms with Gasteiger partial charge in [-0.05, 0) is 36.1 Å². The summed E-state index contributed by atoms with van der Waals surface area (Å²) in [7, 11) is -0.231. The Labute approximate surface area is 181 Å². The van der Waals surface area contributed by atoms with Crippen molar-refractivity contribution in [1.82, 2.24) is 10.2 Å². The Bertz CT molecular complexity index is 886. The van der Waals surface area contributed by atoms with Crippen molar-refractivity contribution < 1.29 is 19.6 Å². The molecule has 0 heterocycles. The number of nitrogens with one attached hydrogen (secondary N) is 1. The molecule has 2 amide bonds. The third kappa shape index (κ3) is 7.76. The molecule has 10 heteroatoms. The topological polar surface area (TPSA) is 154 Å². The standard InChI is InChI=1S/C21H28BN5O4/c1-27(14-19(28)26-18(22(30)31)8-5-13-25-21(23)24)20(29)17-11-9-16(10-12-17)15-6-3-2-4-7-15/h2-4,6-7,9-12,18,30-31H,5,8,13-14H2,1H3,(H,26,28)(H4,23,24,25). The first-order valence-corrected chi connectivity index (χ1v) is 9.89. The molecule has 9 nitrogen and oxygen atoms in total. The molecule has 0 fully saturated rings. The molecule has 0 bridgehead atoms. The Morgan fingerprint density at radius 1 is 1.06 bits per heavy atom. The minimum atomic E-state index is -1.74. The smallest absolute Gasteiger partial charge is 0.426 e. The Kier molecular flexibility index (Phi) is 9.04. The number of guanidine groups is 1. The van der Waals surface area contributed by atoms with Gasteiger partial charge in [0.15, 0.2) is 5.96 Å². The van der Waals surface area contributed by atoms with Crippen LogP contribution in [0.4, 0.5) is 0 Å². The van der Waals surface area contributed by atoms with Crippen molar-refractivity contribution in [3.8, 4) is 11.1 Å². The van der Waals surface area contributed by atoms with Crippen molar-refractivity contribution in [2.24, 2.45) is 16.5 Å². The van der Waals surface area contributed by atoms with E-state index in [-0.39, 0.29) is 24.8 Å². The minimum absolute atomic E-state index is 0.0536. The molecular weight excluding hydrogens is 397 g/mol. The van der Waals surface area contributed by atoms with Crippen LogP contribution in [0.5, 0.6) is 0 Å². The highest BCUT2D eigenvalue weighted by Gasteiger charge is 2.25. The number of hydrogen-bond donors (Lipinski definition) is 5. The van der Waals surface area contributed by atoms with Gasteiger partial charge in [-0.15, -0.1) is 0 Å². The SMILES string of the molecule is CN(CC(=O)NC(CCCN=C(N)N)B(O)O)C(=O)c1ccc(-c2ccccc2)cc1. The van der Waals surface area contributed by atoms with Gasteiger partial charge in [-0.3, -0.25) is 14.6 Å². The second-order valence-electron chi connectivity index (χ2n) is 7.14. The number of aliphatic imine (C=N–C) groups is 1. The molecule has 0 saturated carbocycles. The van der Waals surface area contributed by atoms with Crippen molar-refractivity contribution in [2.75, 3.05) is 20.1 Å². The lowest BCUT2D eigenvalue weighted by atomic mass is 9.76. The molecule has 164 valence electrons. The summed E-state index contributed by atoms with van der Waals surface area (Å²) >= 11 is 0. The molecule has 31 heavy (non-hydrogen) atoms. The van der Waals surface area contributed by atoms with Crippen LogP contribution in [0.1, 0.15) is 23.2 Å². The van der Waals surface area contributed by atoms with Gasteiger partial charge in [-0.1, -0.05) is 42.5 Å². The van der Waals surface area contributed by atoms with E-state index in [1.165, 1.54) is 11.9 Å². The lowest BCUT2D eigenvalue weighted by molar-refractivity contribution is -0.122. The number of nitrogens with two attached hydrogens (primary N) is 2. The summed E-state index contributed by atoms with van der Waals surface area (Å²) in [6, 6.07) is 16.9. The third-order valence-electron chi connectivity index (χ3n) is 4.64. The predicted octanol–water partition coefficient (Wildman–Crippen LogP) is -0.0240. The van der Waals surface area contributed by atoms with Gasteiger partial charge in [0.2, 0.25) is 5.91 Å². The van der Waals surface area contributed by atoms with Gasteiger partial charge in [0, 0.05) is 19.2 Å². The molecule has 0 aliphatic carbocycles. The van der Waals surface area contributed by atoms with Gasteiger partial charge in [0.1, 0.15) is 0 Å². The zero-order valence-corrected chi connectivity index (χ0v) is 17.4. The van der Waals surface area contributed by atoms with Crippen LogP contribution in [-0.4, -0.2) is 65.9 Å². The van der Waals surface area contributed by atoms with Crippen LogP contribution in [0.15, 0.2) is 59.6 Å². The Balaban J connectivity index is 1.90. The first kappa shape index (κ1) is 23.9. The fourth-order valence-corrected chi connectivity index (χ4v) is 3.01. The first-order chi connectivity index (χ1) is 14.8. The van der Waals surface area contributed by atoms with Crippen molar-refractivity contribution >= 4 is 24.9 Å². The van der Waals surface area contributed by atoms with Crippen molar-refractivity contribution in [3.05, 3.63) is 60.2 Å². The molecular formula is C21H28BN5O4. The van der Waals surface area contributed by atoms with E-state index in [1.54, 1.807) is 12.1 Å². The Morgan fingerprint density at radius 3 is 2.26 bits per heavy atom. The zero-order chi connectivity index (χ0) is 22.8. The number of likely N-dealkylation sites (N-methyl/N-ethyl adjacent to an activating group) is 1. The largest absolute Gasteiger partial charge is 0.475 e. The second kappa shape index (κ2) is 11.7. The number of amides is 2. The van der Waals surface area contributed by atoms with Crippen molar-refractivity contribution in [2.45, 2.75) is 18.8 Å². The van der Waals surface area contributed by atoms with Crippen LogP contribution in [0.3, 0.4) is 0 Å². The van der Waals surface area contributed by atoms with E-state index in [1.807, 2.05) is 42.5 Å². The lowest BCUT2D eigenvalue weighted by Crippen LogP contribution is -2.49. The molecule has 2 aromatic rings. The predicted molar refractivity (Wildman–Crippen MR) is 121 cm³/mol. The summed E-state index contributed by atoms with van der Waals surface area (Å²) in [6.45, 7) is 0.0786. The van der Waals surface area contributed by atoms with Gasteiger partial charge < -0.3 is 31.7 Å². The summed E-state index contributed by atoms with van der Waals surface area (Å²) in [6.07, 6.45) is 0.710. The molecule has 0 saturated heterocycles. The Morgan fingerprint density at radius 2 is 1.68 bits per heavy atom. The average Bonchev–Trinajstić information content (AvgIpc) is 2.75. The quantitative estimate of drug-likeness (QED) is 0.156. The maximum absolute atomic E-state index is 12.6. The van der Waals surface area contributed by atoms with Gasteiger partial charge in [-0.2, -0.15) is 0 Å². The maximum atomic E-state index is 12.6. The molecule has 0 spiro atoms. The molecule has 1 unspecified atom stereocenters. The summed E-state index contributed by atoms with van der Waals surface area (Å²) in [4.78, 5) is 30.0. The summed E-state index contributed by atoms with van der Waals surface area (Å²) in [5.74, 6) is -1.77. The number of benzene rings is 2. The molecule has 0 aliphatic heterocycles.